The predicted octanol–water partition coefficient (Wildman–Crippen LogP) is 3.85. The fourth-order valence-electron chi connectivity index (χ4n) is 5.75. The first kappa shape index (κ1) is 29.9. The molecule has 4 atom stereocenters. The molecule has 2 aromatic rings. The molecule has 1 unspecified atom stereocenters. The smallest absolute Gasteiger partial charge is 0.408 e. The number of carbonyl (C=O) groups excluding carboxylic acids is 3. The summed E-state index contributed by atoms with van der Waals surface area (Å²) in [5.41, 5.74) is 0.703. The van der Waals surface area contributed by atoms with Crippen molar-refractivity contribution < 1.29 is 23.9 Å². The van der Waals surface area contributed by atoms with Gasteiger partial charge in [0.2, 0.25) is 11.8 Å². The number of amides is 3. The predicted molar refractivity (Wildman–Crippen MR) is 160 cm³/mol. The average molecular weight is 577 g/mol. The van der Waals surface area contributed by atoms with Gasteiger partial charge in [-0.2, -0.15) is 0 Å². The molecule has 2 aromatic carbocycles. The van der Waals surface area contributed by atoms with E-state index in [1.54, 1.807) is 0 Å². The molecule has 42 heavy (non-hydrogen) atoms. The number of ether oxygens (including phenoxy) is 2. The van der Waals surface area contributed by atoms with E-state index in [0.717, 1.165) is 36.1 Å². The second-order valence-corrected chi connectivity index (χ2v) is 12.3. The van der Waals surface area contributed by atoms with Crippen LogP contribution >= 0.6 is 0 Å². The van der Waals surface area contributed by atoms with Gasteiger partial charge in [0, 0.05) is 25.0 Å². The summed E-state index contributed by atoms with van der Waals surface area (Å²) in [5.74, 6) is 0.435. The van der Waals surface area contributed by atoms with Crippen LogP contribution < -0.4 is 26.0 Å². The second kappa shape index (κ2) is 13.6. The van der Waals surface area contributed by atoms with E-state index >= 15 is 0 Å². The van der Waals surface area contributed by atoms with Gasteiger partial charge < -0.3 is 30.7 Å². The number of carbonyl (C=O) groups is 3. The van der Waals surface area contributed by atoms with Crippen molar-refractivity contribution in [1.82, 2.24) is 21.3 Å². The minimum atomic E-state index is -1.00. The maximum absolute atomic E-state index is 13.9. The lowest BCUT2D eigenvalue weighted by Gasteiger charge is -2.27. The van der Waals surface area contributed by atoms with Crippen LogP contribution in [0.3, 0.4) is 0 Å². The Bertz CT molecular complexity index is 1220. The van der Waals surface area contributed by atoms with Gasteiger partial charge in [0.15, 0.2) is 0 Å². The van der Waals surface area contributed by atoms with Gasteiger partial charge in [0.25, 0.3) is 0 Å². The van der Waals surface area contributed by atoms with Gasteiger partial charge in [-0.25, -0.2) is 4.79 Å². The average Bonchev–Trinajstić information content (AvgIpc) is 3.91. The Balaban J connectivity index is 1.35. The van der Waals surface area contributed by atoms with Gasteiger partial charge in [-0.05, 0) is 73.6 Å². The van der Waals surface area contributed by atoms with E-state index < -0.39 is 23.6 Å². The first-order valence-electron chi connectivity index (χ1n) is 15.4. The van der Waals surface area contributed by atoms with Gasteiger partial charge in [-0.1, -0.05) is 56.3 Å². The number of benzene rings is 2. The summed E-state index contributed by atoms with van der Waals surface area (Å²) in [5, 5.41) is 12.7. The van der Waals surface area contributed by atoms with Crippen LogP contribution in [-0.2, 0) is 27.4 Å². The minimum Gasteiger partial charge on any atom is -0.494 e. The largest absolute Gasteiger partial charge is 0.494 e. The van der Waals surface area contributed by atoms with E-state index in [1.807, 2.05) is 54.6 Å². The minimum absolute atomic E-state index is 0.0129. The fraction of sp³-hybridized carbons (Fsp3) is 0.545. The summed E-state index contributed by atoms with van der Waals surface area (Å²) < 4.78 is 11.4. The highest BCUT2D eigenvalue weighted by Crippen LogP contribution is 2.49. The van der Waals surface area contributed by atoms with Gasteiger partial charge in [0.1, 0.15) is 23.9 Å². The van der Waals surface area contributed by atoms with Gasteiger partial charge in [-0.15, -0.1) is 0 Å². The molecule has 0 radical (unpaired) electrons. The highest BCUT2D eigenvalue weighted by molar-refractivity contribution is 5.97. The molecular weight excluding hydrogens is 532 g/mol. The van der Waals surface area contributed by atoms with Crippen LogP contribution in [-0.4, -0.2) is 54.7 Å². The van der Waals surface area contributed by atoms with Crippen molar-refractivity contribution in [3.63, 3.8) is 0 Å². The van der Waals surface area contributed by atoms with Crippen molar-refractivity contribution in [3.05, 3.63) is 65.7 Å². The Hall–Kier alpha value is -3.59. The van der Waals surface area contributed by atoms with Crippen LogP contribution in [0.25, 0.3) is 0 Å². The van der Waals surface area contributed by atoms with Crippen molar-refractivity contribution >= 4 is 17.9 Å². The third kappa shape index (κ3) is 8.03. The summed E-state index contributed by atoms with van der Waals surface area (Å²) in [4.78, 5) is 40.6. The molecule has 2 aliphatic heterocycles. The third-order valence-electron chi connectivity index (χ3n) is 8.54. The standard InChI is InChI=1S/C33H44N4O5/c1-22(2)28-19-33(28)31(39)35-26(20-34-25-13-14-25)10-6-7-17-41-27-15-11-23(12-16-27)18-29(30(38)37-33)36-32(40)42-21-24-8-4-3-5-9-24/h3-5,8-9,11-12,15-16,22,25-26,28-29,34H,6-7,10,13-14,17-21H2,1-2H3,(H,35,39)(H,36,40)(H,37,38)/t26-,28-,29-,33?/m0/s1. The lowest BCUT2D eigenvalue weighted by atomic mass is 10.0. The second-order valence-electron chi connectivity index (χ2n) is 12.3. The van der Waals surface area contributed by atoms with Crippen molar-refractivity contribution in [2.24, 2.45) is 11.8 Å². The number of alkyl carbamates (subject to hydrolysis) is 1. The summed E-state index contributed by atoms with van der Waals surface area (Å²) in [6.07, 6.45) is 5.08. The molecule has 4 aliphatic rings. The first-order valence-corrected chi connectivity index (χ1v) is 15.4. The number of fused-ring (bicyclic) bond motifs is 12. The third-order valence-corrected chi connectivity index (χ3v) is 8.54. The van der Waals surface area contributed by atoms with Crippen molar-refractivity contribution in [3.8, 4) is 5.75 Å². The number of rotatable bonds is 7. The Labute approximate surface area is 248 Å². The lowest BCUT2D eigenvalue weighted by Crippen LogP contribution is -2.59. The van der Waals surface area contributed by atoms with Crippen LogP contribution in [0.5, 0.6) is 5.75 Å². The maximum atomic E-state index is 13.9. The van der Waals surface area contributed by atoms with Gasteiger partial charge in [-0.3, -0.25) is 9.59 Å². The zero-order chi connectivity index (χ0) is 29.5. The zero-order valence-corrected chi connectivity index (χ0v) is 24.7. The Morgan fingerprint density at radius 1 is 1.05 bits per heavy atom. The van der Waals surface area contributed by atoms with E-state index in [-0.39, 0.29) is 36.8 Å². The molecule has 4 N–H and O–H groups in total. The maximum Gasteiger partial charge on any atom is 0.408 e. The number of hydrogen-bond acceptors (Lipinski definition) is 6. The highest BCUT2D eigenvalue weighted by atomic mass is 16.5. The summed E-state index contributed by atoms with van der Waals surface area (Å²) in [6, 6.07) is 16.5. The molecule has 2 aliphatic carbocycles. The SMILES string of the molecule is CC(C)[C@@H]1CC12NC(=O)[C@@H](NC(=O)OCc1ccccc1)Cc1ccc(cc1)OCCCC[C@@H](CNC1CC1)NC2=O. The van der Waals surface area contributed by atoms with Crippen LogP contribution in [0.15, 0.2) is 54.6 Å². The van der Waals surface area contributed by atoms with Crippen molar-refractivity contribution in [2.45, 2.75) is 89.1 Å². The van der Waals surface area contributed by atoms with E-state index in [4.69, 9.17) is 9.47 Å². The van der Waals surface area contributed by atoms with Crippen LogP contribution in [0, 0.1) is 11.8 Å². The van der Waals surface area contributed by atoms with E-state index in [9.17, 15) is 14.4 Å². The van der Waals surface area contributed by atoms with Crippen LogP contribution in [0.2, 0.25) is 0 Å². The van der Waals surface area contributed by atoms with Crippen molar-refractivity contribution in [1.29, 1.82) is 0 Å². The quantitative estimate of drug-likeness (QED) is 0.398. The number of nitrogens with one attached hydrogen (secondary N) is 4. The molecule has 0 aromatic heterocycles. The van der Waals surface area contributed by atoms with Crippen LogP contribution in [0.1, 0.15) is 63.5 Å². The molecule has 1 spiro atoms. The Morgan fingerprint density at radius 3 is 2.50 bits per heavy atom. The van der Waals surface area contributed by atoms with Crippen LogP contribution in [0.4, 0.5) is 4.79 Å². The van der Waals surface area contributed by atoms with Crippen molar-refractivity contribution in [2.75, 3.05) is 13.2 Å². The van der Waals surface area contributed by atoms with E-state index in [1.165, 1.54) is 12.8 Å². The molecule has 0 saturated heterocycles. The summed E-state index contributed by atoms with van der Waals surface area (Å²) in [7, 11) is 0. The molecule has 2 heterocycles. The fourth-order valence-corrected chi connectivity index (χ4v) is 5.75. The molecule has 2 saturated carbocycles. The molecule has 3 amide bonds. The monoisotopic (exact) mass is 576 g/mol. The lowest BCUT2D eigenvalue weighted by molar-refractivity contribution is -0.132. The molecule has 226 valence electrons. The first-order chi connectivity index (χ1) is 20.3. The molecule has 9 nitrogen and oxygen atoms in total. The highest BCUT2D eigenvalue weighted by Gasteiger charge is 2.62. The van der Waals surface area contributed by atoms with Gasteiger partial charge in [0.05, 0.1) is 6.61 Å². The molecule has 2 fully saturated rings. The molecular formula is C33H44N4O5. The molecule has 9 heteroatoms. The number of hydrogen-bond donors (Lipinski definition) is 4. The van der Waals surface area contributed by atoms with E-state index in [0.29, 0.717) is 25.6 Å². The summed E-state index contributed by atoms with van der Waals surface area (Å²) in [6.45, 7) is 5.53. The van der Waals surface area contributed by atoms with Gasteiger partial charge >= 0.3 is 6.09 Å². The molecule has 6 rings (SSSR count). The Kier molecular flexibility index (Phi) is 9.67. The normalized spacial score (nSPS) is 26.6. The zero-order valence-electron chi connectivity index (χ0n) is 24.7. The Morgan fingerprint density at radius 2 is 1.81 bits per heavy atom. The summed E-state index contributed by atoms with van der Waals surface area (Å²) >= 11 is 0. The van der Waals surface area contributed by atoms with E-state index in [2.05, 4.69) is 35.1 Å². The topological polar surface area (TPSA) is 118 Å². The molecule has 2 bridgehead atoms.